The molecule has 1 saturated carbocycles. The van der Waals surface area contributed by atoms with Gasteiger partial charge in [0.1, 0.15) is 23.1 Å². The van der Waals surface area contributed by atoms with Crippen molar-refractivity contribution in [3.05, 3.63) is 47.8 Å². The highest BCUT2D eigenvalue weighted by Crippen LogP contribution is 2.48. The Balaban J connectivity index is 1.78. The number of carbonyl (C=O) groups excluding carboxylic acids is 1. The topological polar surface area (TPSA) is 69.5 Å². The third-order valence-electron chi connectivity index (χ3n) is 5.61. The summed E-state index contributed by atoms with van der Waals surface area (Å²) in [5, 5.41) is 9.02. The lowest BCUT2D eigenvalue weighted by molar-refractivity contribution is -0.274. The summed E-state index contributed by atoms with van der Waals surface area (Å²) in [6.07, 6.45) is -2.41. The van der Waals surface area contributed by atoms with Crippen LogP contribution in [0.15, 0.2) is 36.5 Å². The summed E-state index contributed by atoms with van der Waals surface area (Å²) in [6.45, 7) is 0.602. The van der Waals surface area contributed by atoms with Gasteiger partial charge in [-0.2, -0.15) is 5.26 Å². The Morgan fingerprint density at radius 1 is 1.18 bits per heavy atom. The highest BCUT2D eigenvalue weighted by Gasteiger charge is 2.59. The molecule has 2 heterocycles. The van der Waals surface area contributed by atoms with E-state index in [1.807, 2.05) is 0 Å². The fraction of sp³-hybridized carbons (Fsp3) is 0.333. The fourth-order valence-corrected chi connectivity index (χ4v) is 4.50. The number of ether oxygens (including phenoxy) is 1. The summed E-state index contributed by atoms with van der Waals surface area (Å²) in [5.74, 6) is -4.40. The van der Waals surface area contributed by atoms with Gasteiger partial charge < -0.3 is 9.64 Å². The molecular weight excluding hydrogens is 467 g/mol. The van der Waals surface area contributed by atoms with Crippen LogP contribution in [0.2, 0.25) is 0 Å². The van der Waals surface area contributed by atoms with Crippen molar-refractivity contribution in [1.29, 1.82) is 5.26 Å². The van der Waals surface area contributed by atoms with E-state index >= 15 is 0 Å². The zero-order chi connectivity index (χ0) is 24.2. The fourth-order valence-electron chi connectivity index (χ4n) is 4.03. The molecule has 1 aromatic heterocycles. The van der Waals surface area contributed by atoms with Gasteiger partial charge in [0.2, 0.25) is 0 Å². The Labute approximate surface area is 190 Å². The summed E-state index contributed by atoms with van der Waals surface area (Å²) in [6, 6.07) is 7.61. The first kappa shape index (κ1) is 22.8. The second-order valence-corrected chi connectivity index (χ2v) is 8.14. The third-order valence-corrected chi connectivity index (χ3v) is 5.98. The minimum Gasteiger partial charge on any atom is -0.406 e. The van der Waals surface area contributed by atoms with Gasteiger partial charge in [0.15, 0.2) is 5.11 Å². The maximum atomic E-state index is 14.1. The van der Waals surface area contributed by atoms with Gasteiger partial charge in [-0.3, -0.25) is 9.69 Å². The monoisotopic (exact) mass is 482 g/mol. The standard InChI is InChI=1S/C21H15F5N4O2S/c1-19(22,23)15-9-13(11-28-16(15)10-27)29-17(31)20(6-3-7-20)30(18(29)33)12-4-2-5-14(8-12)32-21(24,25)26/h2,4-5,8-9,11H,3,6-7H2,1H3. The summed E-state index contributed by atoms with van der Waals surface area (Å²) < 4.78 is 70.2. The second kappa shape index (κ2) is 7.62. The van der Waals surface area contributed by atoms with Gasteiger partial charge >= 0.3 is 6.36 Å². The Kier molecular flexibility index (Phi) is 5.28. The number of carbonyl (C=O) groups is 1. The van der Waals surface area contributed by atoms with Crippen LogP contribution in [0.25, 0.3) is 0 Å². The Hall–Kier alpha value is -3.33. The maximum absolute atomic E-state index is 14.1. The van der Waals surface area contributed by atoms with Gasteiger partial charge in [0.25, 0.3) is 11.8 Å². The minimum absolute atomic E-state index is 0.0583. The van der Waals surface area contributed by atoms with E-state index < -0.39 is 40.7 Å². The number of benzene rings is 1. The molecule has 0 atom stereocenters. The van der Waals surface area contributed by atoms with Crippen molar-refractivity contribution in [2.75, 3.05) is 9.80 Å². The SMILES string of the molecule is CC(F)(F)c1cc(N2C(=O)C3(CCC3)N(c3cccc(OC(F)(F)F)c3)C2=S)cnc1C#N. The lowest BCUT2D eigenvalue weighted by Gasteiger charge is -2.43. The number of hydrogen-bond donors (Lipinski definition) is 0. The molecule has 0 bridgehead atoms. The molecule has 1 saturated heterocycles. The van der Waals surface area contributed by atoms with E-state index in [2.05, 4.69) is 9.72 Å². The number of nitrogens with zero attached hydrogens (tertiary/aromatic N) is 4. The number of nitriles is 1. The highest BCUT2D eigenvalue weighted by molar-refractivity contribution is 7.81. The van der Waals surface area contributed by atoms with Crippen LogP contribution in [0.5, 0.6) is 5.75 Å². The molecule has 1 aliphatic carbocycles. The molecule has 0 radical (unpaired) electrons. The number of pyridine rings is 1. The van der Waals surface area contributed by atoms with E-state index in [4.69, 9.17) is 17.5 Å². The lowest BCUT2D eigenvalue weighted by atomic mass is 9.75. The van der Waals surface area contributed by atoms with Crippen LogP contribution in [-0.2, 0) is 10.7 Å². The van der Waals surface area contributed by atoms with E-state index in [1.165, 1.54) is 17.0 Å². The molecule has 1 aliphatic heterocycles. The van der Waals surface area contributed by atoms with Crippen molar-refractivity contribution in [3.8, 4) is 11.8 Å². The van der Waals surface area contributed by atoms with Crippen LogP contribution in [-0.4, -0.2) is 27.9 Å². The van der Waals surface area contributed by atoms with Crippen molar-refractivity contribution in [1.82, 2.24) is 4.98 Å². The number of amides is 1. The van der Waals surface area contributed by atoms with E-state index in [0.29, 0.717) is 26.2 Å². The largest absolute Gasteiger partial charge is 0.573 e. The Morgan fingerprint density at radius 2 is 1.88 bits per heavy atom. The van der Waals surface area contributed by atoms with E-state index in [9.17, 15) is 26.7 Å². The summed E-state index contributed by atoms with van der Waals surface area (Å²) in [7, 11) is 0. The van der Waals surface area contributed by atoms with E-state index in [-0.39, 0.29) is 16.5 Å². The van der Waals surface area contributed by atoms with E-state index in [0.717, 1.165) is 29.3 Å². The van der Waals surface area contributed by atoms with Crippen molar-refractivity contribution in [3.63, 3.8) is 0 Å². The number of anilines is 2. The van der Waals surface area contributed by atoms with Crippen molar-refractivity contribution in [2.24, 2.45) is 0 Å². The molecule has 2 aliphatic rings. The number of hydrogen-bond acceptors (Lipinski definition) is 5. The predicted molar refractivity (Wildman–Crippen MR) is 111 cm³/mol. The zero-order valence-corrected chi connectivity index (χ0v) is 17.8. The van der Waals surface area contributed by atoms with Crippen LogP contribution in [0, 0.1) is 11.3 Å². The van der Waals surface area contributed by atoms with Gasteiger partial charge in [0, 0.05) is 18.7 Å². The summed E-state index contributed by atoms with van der Waals surface area (Å²) >= 11 is 5.49. The summed E-state index contributed by atoms with van der Waals surface area (Å²) in [4.78, 5) is 19.7. The van der Waals surface area contributed by atoms with Gasteiger partial charge in [-0.25, -0.2) is 13.8 Å². The van der Waals surface area contributed by atoms with Crippen molar-refractivity contribution < 1.29 is 31.5 Å². The molecule has 33 heavy (non-hydrogen) atoms. The molecule has 4 rings (SSSR count). The molecule has 1 amide bonds. The normalized spacial score (nSPS) is 17.8. The Bertz CT molecular complexity index is 1180. The molecule has 0 N–H and O–H groups in total. The molecule has 172 valence electrons. The van der Waals surface area contributed by atoms with Crippen LogP contribution < -0.4 is 14.5 Å². The first-order chi connectivity index (χ1) is 15.4. The predicted octanol–water partition coefficient (Wildman–Crippen LogP) is 5.02. The van der Waals surface area contributed by atoms with Crippen molar-refractivity contribution >= 4 is 34.6 Å². The molecule has 2 aromatic rings. The van der Waals surface area contributed by atoms with Gasteiger partial charge in [-0.05, 0) is 49.7 Å². The van der Waals surface area contributed by atoms with Gasteiger partial charge in [-0.1, -0.05) is 6.07 Å². The van der Waals surface area contributed by atoms with Gasteiger partial charge in [-0.15, -0.1) is 13.2 Å². The number of thiocarbonyl (C=S) groups is 1. The average Bonchev–Trinajstić information content (AvgIpc) is 2.92. The molecule has 0 unspecified atom stereocenters. The van der Waals surface area contributed by atoms with Crippen LogP contribution in [0.3, 0.4) is 0 Å². The molecular formula is C21H15F5N4O2S. The Morgan fingerprint density at radius 3 is 2.42 bits per heavy atom. The smallest absolute Gasteiger partial charge is 0.406 e. The van der Waals surface area contributed by atoms with E-state index in [1.54, 1.807) is 6.07 Å². The van der Waals surface area contributed by atoms with Crippen LogP contribution >= 0.6 is 12.2 Å². The number of aromatic nitrogens is 1. The van der Waals surface area contributed by atoms with Crippen LogP contribution in [0.4, 0.5) is 33.3 Å². The average molecular weight is 482 g/mol. The molecule has 12 heteroatoms. The van der Waals surface area contributed by atoms with Gasteiger partial charge in [0.05, 0.1) is 17.4 Å². The first-order valence-electron chi connectivity index (χ1n) is 9.70. The first-order valence-corrected chi connectivity index (χ1v) is 10.1. The maximum Gasteiger partial charge on any atom is 0.573 e. The number of alkyl halides is 5. The zero-order valence-electron chi connectivity index (χ0n) is 17.0. The quantitative estimate of drug-likeness (QED) is 0.450. The number of rotatable bonds is 4. The second-order valence-electron chi connectivity index (χ2n) is 7.78. The lowest BCUT2D eigenvalue weighted by Crippen LogP contribution is -2.55. The number of halogens is 5. The molecule has 1 spiro atoms. The molecule has 2 fully saturated rings. The highest BCUT2D eigenvalue weighted by atomic mass is 32.1. The minimum atomic E-state index is -4.91. The molecule has 6 nitrogen and oxygen atoms in total. The molecule has 1 aromatic carbocycles. The van der Waals surface area contributed by atoms with Crippen LogP contribution in [0.1, 0.15) is 37.4 Å². The van der Waals surface area contributed by atoms with Crippen molar-refractivity contribution in [2.45, 2.75) is 44.0 Å². The third kappa shape index (κ3) is 3.86. The summed E-state index contributed by atoms with van der Waals surface area (Å²) in [5.41, 5.74) is -2.18.